The van der Waals surface area contributed by atoms with Crippen molar-refractivity contribution in [1.29, 1.82) is 0 Å². The molecule has 0 saturated heterocycles. The molecule has 0 bridgehead atoms. The molecule has 1 aromatic carbocycles. The molecule has 0 fully saturated rings. The van der Waals surface area contributed by atoms with Gasteiger partial charge in [-0.25, -0.2) is 23.5 Å². The number of halogens is 2. The van der Waals surface area contributed by atoms with Crippen molar-refractivity contribution in [2.45, 2.75) is 58.7 Å². The summed E-state index contributed by atoms with van der Waals surface area (Å²) >= 11 is 0. The molecule has 4 rings (SSSR count). The first-order valence-electron chi connectivity index (χ1n) is 12.2. The van der Waals surface area contributed by atoms with Crippen molar-refractivity contribution >= 4 is 25.4 Å². The minimum Gasteiger partial charge on any atom is -0.465 e. The molecule has 9 nitrogen and oxygen atoms in total. The van der Waals surface area contributed by atoms with Crippen molar-refractivity contribution in [2.75, 3.05) is 11.5 Å². The zero-order valence-electron chi connectivity index (χ0n) is 22.4. The summed E-state index contributed by atoms with van der Waals surface area (Å²) in [5.74, 6) is -1.29. The highest BCUT2D eigenvalue weighted by Crippen LogP contribution is 2.35. The molecular formula is C26H32F2N6O3Si. The minimum absolute atomic E-state index is 0.00410. The molecule has 0 aliphatic carbocycles. The number of ether oxygens (including phenoxy) is 1. The van der Waals surface area contributed by atoms with Gasteiger partial charge in [0.2, 0.25) is 0 Å². The molecule has 1 amide bonds. The highest BCUT2D eigenvalue weighted by molar-refractivity contribution is 6.76. The van der Waals surface area contributed by atoms with Crippen molar-refractivity contribution in [3.8, 4) is 22.8 Å². The third-order valence-electron chi connectivity index (χ3n) is 6.00. The Morgan fingerprint density at radius 3 is 2.55 bits per heavy atom. The van der Waals surface area contributed by atoms with Crippen LogP contribution in [0.15, 0.2) is 43.2 Å². The number of hydrogen-bond donors (Lipinski definition) is 1. The lowest BCUT2D eigenvalue weighted by molar-refractivity contribution is 0.0882. The van der Waals surface area contributed by atoms with Crippen LogP contribution in [0.1, 0.15) is 20.8 Å². The molecule has 3 heterocycles. The number of imidazole rings is 2. The van der Waals surface area contributed by atoms with Gasteiger partial charge in [0.05, 0.1) is 28.7 Å². The first-order chi connectivity index (χ1) is 17.8. The maximum absolute atomic E-state index is 15.6. The Kier molecular flexibility index (Phi) is 7.39. The van der Waals surface area contributed by atoms with E-state index in [1.807, 2.05) is 4.57 Å². The molecule has 0 aliphatic rings. The van der Waals surface area contributed by atoms with Crippen LogP contribution in [0.4, 0.5) is 19.3 Å². The molecule has 202 valence electrons. The third-order valence-corrected chi connectivity index (χ3v) is 7.71. The number of aromatic nitrogens is 5. The normalized spacial score (nSPS) is 12.3. The molecule has 0 unspecified atom stereocenters. The topological polar surface area (TPSA) is 97.8 Å². The lowest BCUT2D eigenvalue weighted by Crippen LogP contribution is -2.45. The SMILES string of the molecule is CC(C)(C)N(C(=O)O)c1ccc(F)c(-c2cn3cnc(-c4nccn4COCC[Si](C)(C)C)c3cn2)c1F. The molecule has 12 heteroatoms. The second-order valence-corrected chi connectivity index (χ2v) is 16.9. The van der Waals surface area contributed by atoms with E-state index in [0.29, 0.717) is 30.4 Å². The first-order valence-corrected chi connectivity index (χ1v) is 15.9. The summed E-state index contributed by atoms with van der Waals surface area (Å²) < 4.78 is 39.8. The van der Waals surface area contributed by atoms with Gasteiger partial charge in [0, 0.05) is 38.8 Å². The Labute approximate surface area is 220 Å². The zero-order chi connectivity index (χ0) is 27.8. The number of anilines is 1. The molecule has 3 aromatic heterocycles. The third kappa shape index (κ3) is 5.60. The number of benzene rings is 1. The van der Waals surface area contributed by atoms with Crippen LogP contribution < -0.4 is 4.90 Å². The molecular weight excluding hydrogens is 510 g/mol. The summed E-state index contributed by atoms with van der Waals surface area (Å²) in [6, 6.07) is 3.21. The van der Waals surface area contributed by atoms with Crippen LogP contribution in [0.2, 0.25) is 25.7 Å². The van der Waals surface area contributed by atoms with Gasteiger partial charge < -0.3 is 18.8 Å². The fourth-order valence-electron chi connectivity index (χ4n) is 4.07. The number of carbonyl (C=O) groups is 1. The molecule has 0 radical (unpaired) electrons. The summed E-state index contributed by atoms with van der Waals surface area (Å²) in [5.41, 5.74) is -0.517. The smallest absolute Gasteiger partial charge is 0.412 e. The van der Waals surface area contributed by atoms with Crippen LogP contribution in [0.3, 0.4) is 0 Å². The first kappa shape index (κ1) is 27.4. The highest BCUT2D eigenvalue weighted by atomic mass is 28.3. The Balaban J connectivity index is 1.68. The van der Waals surface area contributed by atoms with E-state index in [1.54, 1.807) is 37.6 Å². The van der Waals surface area contributed by atoms with Crippen LogP contribution in [-0.4, -0.2) is 55.3 Å². The van der Waals surface area contributed by atoms with Gasteiger partial charge in [-0.1, -0.05) is 19.6 Å². The molecule has 4 aromatic rings. The van der Waals surface area contributed by atoms with E-state index in [4.69, 9.17) is 4.74 Å². The van der Waals surface area contributed by atoms with E-state index < -0.39 is 36.9 Å². The summed E-state index contributed by atoms with van der Waals surface area (Å²) in [5, 5.41) is 9.70. The van der Waals surface area contributed by atoms with E-state index in [-0.39, 0.29) is 11.4 Å². The Hall–Kier alpha value is -3.64. The van der Waals surface area contributed by atoms with Crippen LogP contribution in [0.25, 0.3) is 28.3 Å². The number of fused-ring (bicyclic) bond motifs is 1. The predicted octanol–water partition coefficient (Wildman–Crippen LogP) is 6.13. The second kappa shape index (κ2) is 10.3. The van der Waals surface area contributed by atoms with Gasteiger partial charge in [-0.15, -0.1) is 0 Å². The lowest BCUT2D eigenvalue weighted by atomic mass is 10.0. The molecule has 0 saturated carbocycles. The fourth-order valence-corrected chi connectivity index (χ4v) is 4.83. The zero-order valence-corrected chi connectivity index (χ0v) is 23.4. The fraction of sp³-hybridized carbons (Fsp3) is 0.385. The lowest BCUT2D eigenvalue weighted by Gasteiger charge is -2.33. The van der Waals surface area contributed by atoms with E-state index in [9.17, 15) is 14.3 Å². The van der Waals surface area contributed by atoms with Crippen LogP contribution in [0.5, 0.6) is 0 Å². The summed E-state index contributed by atoms with van der Waals surface area (Å²) in [7, 11) is -1.21. The molecule has 0 atom stereocenters. The van der Waals surface area contributed by atoms with Crippen LogP contribution >= 0.6 is 0 Å². The Bertz CT molecular complexity index is 1470. The molecule has 0 aliphatic heterocycles. The average molecular weight is 543 g/mol. The van der Waals surface area contributed by atoms with Gasteiger partial charge in [0.25, 0.3) is 0 Å². The van der Waals surface area contributed by atoms with Gasteiger partial charge in [-0.2, -0.15) is 0 Å². The van der Waals surface area contributed by atoms with Gasteiger partial charge in [0.15, 0.2) is 11.6 Å². The van der Waals surface area contributed by atoms with Crippen molar-refractivity contribution in [1.82, 2.24) is 23.9 Å². The maximum atomic E-state index is 15.6. The van der Waals surface area contributed by atoms with Gasteiger partial charge in [-0.3, -0.25) is 9.88 Å². The Morgan fingerprint density at radius 1 is 1.16 bits per heavy atom. The number of amides is 1. The quantitative estimate of drug-likeness (QED) is 0.212. The Morgan fingerprint density at radius 2 is 1.89 bits per heavy atom. The van der Waals surface area contributed by atoms with Gasteiger partial charge >= 0.3 is 6.09 Å². The second-order valence-electron chi connectivity index (χ2n) is 11.3. The number of nitrogens with zero attached hydrogens (tertiary/aromatic N) is 6. The summed E-state index contributed by atoms with van der Waals surface area (Å²) in [6.07, 6.45) is 6.54. The van der Waals surface area contributed by atoms with E-state index in [1.165, 1.54) is 18.7 Å². The highest BCUT2D eigenvalue weighted by Gasteiger charge is 2.32. The van der Waals surface area contributed by atoms with Gasteiger partial charge in [0.1, 0.15) is 24.6 Å². The van der Waals surface area contributed by atoms with Crippen LogP contribution in [-0.2, 0) is 11.5 Å². The monoisotopic (exact) mass is 542 g/mol. The van der Waals surface area contributed by atoms with Crippen LogP contribution in [0, 0.1) is 11.6 Å². The number of rotatable bonds is 8. The van der Waals surface area contributed by atoms with Crippen molar-refractivity contribution < 1.29 is 23.4 Å². The van der Waals surface area contributed by atoms with Gasteiger partial charge in [-0.05, 0) is 38.9 Å². The standard InChI is InChI=1S/C26H32F2N6O3Si/c1-26(2,3)34(25(35)36)19-8-7-17(27)21(22(19)28)18-14-33-15-31-23(20(33)13-30-18)24-29-9-10-32(24)16-37-11-12-38(4,5)6/h7-10,13-15H,11-12,16H2,1-6H3,(H,35,36). The predicted molar refractivity (Wildman–Crippen MR) is 144 cm³/mol. The van der Waals surface area contributed by atoms with E-state index in [0.717, 1.165) is 23.1 Å². The van der Waals surface area contributed by atoms with E-state index >= 15 is 4.39 Å². The molecule has 38 heavy (non-hydrogen) atoms. The average Bonchev–Trinajstić information content (AvgIpc) is 3.43. The van der Waals surface area contributed by atoms with E-state index in [2.05, 4.69) is 34.6 Å². The van der Waals surface area contributed by atoms with Crippen molar-refractivity contribution in [2.24, 2.45) is 0 Å². The molecule has 0 spiro atoms. The van der Waals surface area contributed by atoms with Crippen molar-refractivity contribution in [3.05, 3.63) is 54.9 Å². The summed E-state index contributed by atoms with van der Waals surface area (Å²) in [6.45, 7) is 12.7. The molecule has 1 N–H and O–H groups in total. The number of hydrogen-bond acceptors (Lipinski definition) is 5. The maximum Gasteiger partial charge on any atom is 0.412 e. The largest absolute Gasteiger partial charge is 0.465 e. The van der Waals surface area contributed by atoms with Crippen molar-refractivity contribution in [3.63, 3.8) is 0 Å². The number of carboxylic acid groups (broad SMARTS) is 1. The summed E-state index contributed by atoms with van der Waals surface area (Å²) in [4.78, 5) is 26.0. The minimum atomic E-state index is -1.35.